The Kier molecular flexibility index (Phi) is 5.69. The van der Waals surface area contributed by atoms with E-state index in [1.807, 2.05) is 12.1 Å². The number of anilines is 1. The molecule has 1 fully saturated rings. The number of rotatable bonds is 6. The van der Waals surface area contributed by atoms with Crippen LogP contribution in [-0.4, -0.2) is 73.1 Å². The maximum absolute atomic E-state index is 11.7. The van der Waals surface area contributed by atoms with Crippen LogP contribution in [0.2, 0.25) is 0 Å². The van der Waals surface area contributed by atoms with E-state index in [0.29, 0.717) is 6.54 Å². The van der Waals surface area contributed by atoms with Crippen molar-refractivity contribution in [1.29, 1.82) is 0 Å². The molecule has 0 saturated carbocycles. The number of hydrogen-bond donors (Lipinski definition) is 0. The van der Waals surface area contributed by atoms with E-state index in [1.165, 1.54) is 11.9 Å². The van der Waals surface area contributed by atoms with Gasteiger partial charge in [-0.3, -0.25) is 4.90 Å². The molecule has 0 atom stereocenters. The van der Waals surface area contributed by atoms with Crippen LogP contribution in [0.15, 0.2) is 53.4 Å². The summed E-state index contributed by atoms with van der Waals surface area (Å²) in [5, 5.41) is 12.1. The van der Waals surface area contributed by atoms with Crippen molar-refractivity contribution in [2.24, 2.45) is 0 Å². The van der Waals surface area contributed by atoms with Crippen LogP contribution in [0.5, 0.6) is 5.75 Å². The quantitative estimate of drug-likeness (QED) is 0.582. The topological polar surface area (TPSA) is 93.4 Å². The molecule has 2 aromatic carbocycles. The fourth-order valence-corrected chi connectivity index (χ4v) is 4.13. The standard InChI is InChI=1S/C20H24N6O3S/c1-29-18-7-3-16(4-8-18)25-13-11-24(12-14-25)15-20-21-22-23-26(20)17-5-9-19(10-6-17)30(2,27)28/h3-10H,11-15H2,1-2H3. The summed E-state index contributed by atoms with van der Waals surface area (Å²) in [6, 6.07) is 14.7. The number of aromatic nitrogens is 4. The van der Waals surface area contributed by atoms with Crippen LogP contribution in [0.4, 0.5) is 5.69 Å². The average molecular weight is 429 g/mol. The number of ether oxygens (including phenoxy) is 1. The summed E-state index contributed by atoms with van der Waals surface area (Å²) in [6.07, 6.45) is 1.19. The van der Waals surface area contributed by atoms with Gasteiger partial charge in [-0.1, -0.05) is 0 Å². The van der Waals surface area contributed by atoms with E-state index in [9.17, 15) is 8.42 Å². The summed E-state index contributed by atoms with van der Waals surface area (Å²) in [5.74, 6) is 1.58. The molecule has 0 bridgehead atoms. The van der Waals surface area contributed by atoms with E-state index in [2.05, 4.69) is 37.5 Å². The molecule has 0 radical (unpaired) electrons. The molecule has 1 aliphatic rings. The molecule has 10 heteroatoms. The Hall–Kier alpha value is -2.98. The number of piperazine rings is 1. The fourth-order valence-electron chi connectivity index (χ4n) is 3.50. The molecule has 1 saturated heterocycles. The van der Waals surface area contributed by atoms with E-state index >= 15 is 0 Å². The number of sulfone groups is 1. The molecule has 0 amide bonds. The normalized spacial score (nSPS) is 15.3. The molecule has 4 rings (SSSR count). The summed E-state index contributed by atoms with van der Waals surface area (Å²) in [4.78, 5) is 4.94. The first kappa shape index (κ1) is 20.3. The summed E-state index contributed by atoms with van der Waals surface area (Å²) in [7, 11) is -1.57. The van der Waals surface area contributed by atoms with Crippen LogP contribution in [0.1, 0.15) is 5.82 Å². The lowest BCUT2D eigenvalue weighted by Crippen LogP contribution is -2.46. The smallest absolute Gasteiger partial charge is 0.175 e. The average Bonchev–Trinajstić information content (AvgIpc) is 3.22. The number of hydrogen-bond acceptors (Lipinski definition) is 8. The van der Waals surface area contributed by atoms with Gasteiger partial charge in [-0.15, -0.1) is 5.10 Å². The summed E-state index contributed by atoms with van der Waals surface area (Å²) in [5.41, 5.74) is 1.92. The Labute approximate surface area is 175 Å². The van der Waals surface area contributed by atoms with Gasteiger partial charge in [0.1, 0.15) is 5.75 Å². The number of tetrazole rings is 1. The summed E-state index contributed by atoms with van der Waals surface area (Å²) in [6.45, 7) is 4.24. The first-order chi connectivity index (χ1) is 14.4. The highest BCUT2D eigenvalue weighted by molar-refractivity contribution is 7.90. The van der Waals surface area contributed by atoms with Crippen molar-refractivity contribution in [3.63, 3.8) is 0 Å². The molecule has 0 N–H and O–H groups in total. The molecule has 9 nitrogen and oxygen atoms in total. The second-order valence-corrected chi connectivity index (χ2v) is 9.25. The largest absolute Gasteiger partial charge is 0.497 e. The molecule has 0 aliphatic carbocycles. The molecule has 0 unspecified atom stereocenters. The van der Waals surface area contributed by atoms with E-state index in [1.54, 1.807) is 36.1 Å². The van der Waals surface area contributed by atoms with Crippen LogP contribution in [0, 0.1) is 0 Å². The highest BCUT2D eigenvalue weighted by Crippen LogP contribution is 2.21. The maximum Gasteiger partial charge on any atom is 0.175 e. The van der Waals surface area contributed by atoms with Gasteiger partial charge in [-0.05, 0) is 59.0 Å². The van der Waals surface area contributed by atoms with Gasteiger partial charge in [0.05, 0.1) is 24.2 Å². The van der Waals surface area contributed by atoms with Crippen LogP contribution in [-0.2, 0) is 16.4 Å². The zero-order valence-corrected chi connectivity index (χ0v) is 17.8. The lowest BCUT2D eigenvalue weighted by Gasteiger charge is -2.35. The van der Waals surface area contributed by atoms with Crippen molar-refractivity contribution >= 4 is 15.5 Å². The Morgan fingerprint density at radius 3 is 2.17 bits per heavy atom. The van der Waals surface area contributed by atoms with E-state index in [-0.39, 0.29) is 4.90 Å². The third-order valence-electron chi connectivity index (χ3n) is 5.22. The Morgan fingerprint density at radius 1 is 0.933 bits per heavy atom. The second kappa shape index (κ2) is 8.41. The Balaban J connectivity index is 1.40. The van der Waals surface area contributed by atoms with Gasteiger partial charge >= 0.3 is 0 Å². The van der Waals surface area contributed by atoms with E-state index in [0.717, 1.165) is 43.4 Å². The molecule has 1 aromatic heterocycles. The first-order valence-electron chi connectivity index (χ1n) is 9.63. The number of benzene rings is 2. The van der Waals surface area contributed by atoms with Gasteiger partial charge in [0.2, 0.25) is 0 Å². The zero-order valence-electron chi connectivity index (χ0n) is 17.0. The lowest BCUT2D eigenvalue weighted by molar-refractivity contribution is 0.242. The van der Waals surface area contributed by atoms with Crippen LogP contribution in [0.3, 0.4) is 0 Å². The van der Waals surface area contributed by atoms with Crippen molar-refractivity contribution < 1.29 is 13.2 Å². The second-order valence-electron chi connectivity index (χ2n) is 7.23. The van der Waals surface area contributed by atoms with Crippen molar-refractivity contribution in [3.8, 4) is 11.4 Å². The monoisotopic (exact) mass is 428 g/mol. The molecule has 158 valence electrons. The third kappa shape index (κ3) is 4.44. The van der Waals surface area contributed by atoms with Crippen molar-refractivity contribution in [3.05, 3.63) is 54.4 Å². The van der Waals surface area contributed by atoms with Gasteiger partial charge in [-0.25, -0.2) is 8.42 Å². The highest BCUT2D eigenvalue weighted by Gasteiger charge is 2.20. The molecule has 3 aromatic rings. The molecule has 30 heavy (non-hydrogen) atoms. The van der Waals surface area contributed by atoms with E-state index in [4.69, 9.17) is 4.74 Å². The van der Waals surface area contributed by atoms with Crippen LogP contribution >= 0.6 is 0 Å². The minimum Gasteiger partial charge on any atom is -0.497 e. The predicted molar refractivity (Wildman–Crippen MR) is 113 cm³/mol. The number of nitrogens with zero attached hydrogens (tertiary/aromatic N) is 6. The van der Waals surface area contributed by atoms with Crippen molar-refractivity contribution in [1.82, 2.24) is 25.1 Å². The van der Waals surface area contributed by atoms with Gasteiger partial charge in [0.25, 0.3) is 0 Å². The maximum atomic E-state index is 11.7. The van der Waals surface area contributed by atoms with Gasteiger partial charge < -0.3 is 9.64 Å². The molecular weight excluding hydrogens is 404 g/mol. The minimum absolute atomic E-state index is 0.274. The Bertz CT molecular complexity index is 1090. The Morgan fingerprint density at radius 2 is 1.57 bits per heavy atom. The first-order valence-corrected chi connectivity index (χ1v) is 11.5. The van der Waals surface area contributed by atoms with Crippen molar-refractivity contribution in [2.45, 2.75) is 11.4 Å². The van der Waals surface area contributed by atoms with Crippen LogP contribution < -0.4 is 9.64 Å². The zero-order chi connectivity index (χ0) is 21.1. The number of methoxy groups -OCH3 is 1. The SMILES string of the molecule is COc1ccc(N2CCN(Cc3nnnn3-c3ccc(S(C)(=O)=O)cc3)CC2)cc1. The van der Waals surface area contributed by atoms with Gasteiger partial charge in [-0.2, -0.15) is 4.68 Å². The highest BCUT2D eigenvalue weighted by atomic mass is 32.2. The molecule has 0 spiro atoms. The van der Waals surface area contributed by atoms with Gasteiger partial charge in [0.15, 0.2) is 15.7 Å². The summed E-state index contributed by atoms with van der Waals surface area (Å²) < 4.78 is 30.2. The van der Waals surface area contributed by atoms with Crippen molar-refractivity contribution in [2.75, 3.05) is 44.4 Å². The van der Waals surface area contributed by atoms with E-state index < -0.39 is 9.84 Å². The fraction of sp³-hybridized carbons (Fsp3) is 0.350. The third-order valence-corrected chi connectivity index (χ3v) is 6.35. The minimum atomic E-state index is -3.23. The van der Waals surface area contributed by atoms with Crippen LogP contribution in [0.25, 0.3) is 5.69 Å². The lowest BCUT2D eigenvalue weighted by atomic mass is 10.2. The summed E-state index contributed by atoms with van der Waals surface area (Å²) >= 11 is 0. The molecular formula is C20H24N6O3S. The molecule has 1 aliphatic heterocycles. The van der Waals surface area contributed by atoms with Gasteiger partial charge in [0, 0.05) is 38.1 Å². The predicted octanol–water partition coefficient (Wildman–Crippen LogP) is 1.40. The molecule has 2 heterocycles.